The van der Waals surface area contributed by atoms with Crippen molar-refractivity contribution in [3.05, 3.63) is 54.0 Å². The second kappa shape index (κ2) is 5.43. The Balaban J connectivity index is 1.96. The van der Waals surface area contributed by atoms with Gasteiger partial charge in [-0.15, -0.1) is 0 Å². The number of nitrogens with zero attached hydrogens (tertiary/aromatic N) is 2. The molecular weight excluding hydrogens is 210 g/mol. The second-order valence-corrected chi connectivity index (χ2v) is 4.22. The molecule has 0 saturated heterocycles. The highest BCUT2D eigenvalue weighted by atomic mass is 15.0. The number of rotatable bonds is 4. The fourth-order valence-electron chi connectivity index (χ4n) is 1.81. The van der Waals surface area contributed by atoms with Crippen LogP contribution in [0, 0.1) is 6.92 Å². The standard InChI is InChI=1S/C14H17N3/c1-11(10-13-6-4-3-5-7-13)16-14-8-9-15-12(2)17-14/h3-9,11H,10H2,1-2H3,(H,15,16,17). The summed E-state index contributed by atoms with van der Waals surface area (Å²) in [6.07, 6.45) is 2.77. The highest BCUT2D eigenvalue weighted by Gasteiger charge is 2.04. The molecule has 0 saturated carbocycles. The fourth-order valence-corrected chi connectivity index (χ4v) is 1.81. The van der Waals surface area contributed by atoms with E-state index in [9.17, 15) is 0 Å². The summed E-state index contributed by atoms with van der Waals surface area (Å²) in [6.45, 7) is 4.05. The summed E-state index contributed by atoms with van der Waals surface area (Å²) in [4.78, 5) is 8.41. The quantitative estimate of drug-likeness (QED) is 0.872. The number of nitrogens with one attached hydrogen (secondary N) is 1. The molecule has 0 fully saturated rings. The van der Waals surface area contributed by atoms with Gasteiger partial charge in [0.2, 0.25) is 0 Å². The molecule has 0 amide bonds. The number of aromatic nitrogens is 2. The van der Waals surface area contributed by atoms with E-state index < -0.39 is 0 Å². The van der Waals surface area contributed by atoms with Crippen molar-refractivity contribution in [3.63, 3.8) is 0 Å². The monoisotopic (exact) mass is 227 g/mol. The molecule has 17 heavy (non-hydrogen) atoms. The van der Waals surface area contributed by atoms with E-state index in [0.29, 0.717) is 6.04 Å². The van der Waals surface area contributed by atoms with Gasteiger partial charge in [0.1, 0.15) is 11.6 Å². The van der Waals surface area contributed by atoms with Crippen LogP contribution in [0.15, 0.2) is 42.6 Å². The number of anilines is 1. The van der Waals surface area contributed by atoms with Gasteiger partial charge in [-0.3, -0.25) is 0 Å². The second-order valence-electron chi connectivity index (χ2n) is 4.22. The van der Waals surface area contributed by atoms with E-state index in [1.807, 2.05) is 19.1 Å². The summed E-state index contributed by atoms with van der Waals surface area (Å²) in [5.74, 6) is 1.68. The van der Waals surface area contributed by atoms with E-state index in [-0.39, 0.29) is 0 Å². The minimum absolute atomic E-state index is 0.353. The van der Waals surface area contributed by atoms with Gasteiger partial charge in [-0.1, -0.05) is 30.3 Å². The average molecular weight is 227 g/mol. The maximum atomic E-state index is 4.33. The van der Waals surface area contributed by atoms with E-state index in [4.69, 9.17) is 0 Å². The Morgan fingerprint density at radius 1 is 1.18 bits per heavy atom. The third-order valence-electron chi connectivity index (χ3n) is 2.56. The van der Waals surface area contributed by atoms with Crippen molar-refractivity contribution < 1.29 is 0 Å². The molecule has 2 rings (SSSR count). The van der Waals surface area contributed by atoms with Crippen molar-refractivity contribution in [3.8, 4) is 0 Å². The van der Waals surface area contributed by atoms with Crippen molar-refractivity contribution in [1.29, 1.82) is 0 Å². The molecule has 0 aliphatic carbocycles. The van der Waals surface area contributed by atoms with Crippen molar-refractivity contribution in [1.82, 2.24) is 9.97 Å². The van der Waals surface area contributed by atoms with Crippen molar-refractivity contribution in [2.24, 2.45) is 0 Å². The van der Waals surface area contributed by atoms with Crippen LogP contribution in [0.3, 0.4) is 0 Å². The fraction of sp³-hybridized carbons (Fsp3) is 0.286. The first-order valence-corrected chi connectivity index (χ1v) is 5.84. The zero-order valence-corrected chi connectivity index (χ0v) is 10.2. The predicted octanol–water partition coefficient (Wildman–Crippen LogP) is 2.83. The molecule has 1 N–H and O–H groups in total. The molecule has 2 aromatic rings. The van der Waals surface area contributed by atoms with Crippen LogP contribution in [-0.4, -0.2) is 16.0 Å². The number of benzene rings is 1. The van der Waals surface area contributed by atoms with Gasteiger partial charge in [-0.25, -0.2) is 9.97 Å². The van der Waals surface area contributed by atoms with Gasteiger partial charge in [0, 0.05) is 12.2 Å². The minimum atomic E-state index is 0.353. The van der Waals surface area contributed by atoms with E-state index >= 15 is 0 Å². The molecular formula is C14H17N3. The molecule has 0 aliphatic rings. The van der Waals surface area contributed by atoms with Crippen LogP contribution in [-0.2, 0) is 6.42 Å². The highest BCUT2D eigenvalue weighted by molar-refractivity contribution is 5.34. The third-order valence-corrected chi connectivity index (χ3v) is 2.56. The Morgan fingerprint density at radius 3 is 2.65 bits per heavy atom. The van der Waals surface area contributed by atoms with Crippen molar-refractivity contribution in [2.45, 2.75) is 26.3 Å². The summed E-state index contributed by atoms with van der Waals surface area (Å²) >= 11 is 0. The first-order chi connectivity index (χ1) is 8.24. The lowest BCUT2D eigenvalue weighted by atomic mass is 10.1. The maximum absolute atomic E-state index is 4.33. The molecule has 1 atom stereocenters. The van der Waals surface area contributed by atoms with Crippen LogP contribution in [0.5, 0.6) is 0 Å². The molecule has 88 valence electrons. The third kappa shape index (κ3) is 3.55. The molecule has 1 unspecified atom stereocenters. The SMILES string of the molecule is Cc1nccc(NC(C)Cc2ccccc2)n1. The summed E-state index contributed by atoms with van der Waals surface area (Å²) in [5.41, 5.74) is 1.33. The van der Waals surface area contributed by atoms with Crippen LogP contribution in [0.4, 0.5) is 5.82 Å². The molecule has 0 spiro atoms. The zero-order valence-electron chi connectivity index (χ0n) is 10.2. The van der Waals surface area contributed by atoms with Crippen molar-refractivity contribution >= 4 is 5.82 Å². The number of hydrogen-bond donors (Lipinski definition) is 1. The number of hydrogen-bond acceptors (Lipinski definition) is 3. The Hall–Kier alpha value is -1.90. The van der Waals surface area contributed by atoms with E-state index in [0.717, 1.165) is 18.1 Å². The van der Waals surface area contributed by atoms with Gasteiger partial charge >= 0.3 is 0 Å². The average Bonchev–Trinajstić information content (AvgIpc) is 2.30. The van der Waals surface area contributed by atoms with Crippen molar-refractivity contribution in [2.75, 3.05) is 5.32 Å². The van der Waals surface area contributed by atoms with Crippen LogP contribution in [0.2, 0.25) is 0 Å². The molecule has 3 heteroatoms. The Bertz CT molecular complexity index is 468. The van der Waals surface area contributed by atoms with Gasteiger partial charge in [0.25, 0.3) is 0 Å². The molecule has 3 nitrogen and oxygen atoms in total. The van der Waals surface area contributed by atoms with Crippen LogP contribution < -0.4 is 5.32 Å². The smallest absolute Gasteiger partial charge is 0.129 e. The van der Waals surface area contributed by atoms with Gasteiger partial charge in [0.15, 0.2) is 0 Å². The minimum Gasteiger partial charge on any atom is -0.367 e. The molecule has 0 aliphatic heterocycles. The first kappa shape index (κ1) is 11.6. The first-order valence-electron chi connectivity index (χ1n) is 5.84. The largest absolute Gasteiger partial charge is 0.367 e. The molecule has 0 radical (unpaired) electrons. The molecule has 0 bridgehead atoms. The van der Waals surface area contributed by atoms with Gasteiger partial charge in [-0.2, -0.15) is 0 Å². The zero-order chi connectivity index (χ0) is 12.1. The maximum Gasteiger partial charge on any atom is 0.129 e. The van der Waals surface area contributed by atoms with E-state index in [1.165, 1.54) is 5.56 Å². The van der Waals surface area contributed by atoms with Crippen LogP contribution in [0.1, 0.15) is 18.3 Å². The lowest BCUT2D eigenvalue weighted by molar-refractivity contribution is 0.782. The summed E-state index contributed by atoms with van der Waals surface area (Å²) in [6, 6.07) is 12.7. The Labute approximate surface area is 102 Å². The molecule has 1 aromatic carbocycles. The summed E-state index contributed by atoms with van der Waals surface area (Å²) in [5, 5.41) is 3.38. The van der Waals surface area contributed by atoms with Gasteiger partial charge in [-0.05, 0) is 31.9 Å². The normalized spacial score (nSPS) is 12.1. The predicted molar refractivity (Wildman–Crippen MR) is 70.0 cm³/mol. The van der Waals surface area contributed by atoms with E-state index in [1.54, 1.807) is 6.20 Å². The molecule has 1 heterocycles. The topological polar surface area (TPSA) is 37.8 Å². The number of aryl methyl sites for hydroxylation is 1. The lowest BCUT2D eigenvalue weighted by Gasteiger charge is -2.14. The van der Waals surface area contributed by atoms with E-state index in [2.05, 4.69) is 46.5 Å². The lowest BCUT2D eigenvalue weighted by Crippen LogP contribution is -2.19. The van der Waals surface area contributed by atoms with Crippen LogP contribution >= 0.6 is 0 Å². The Morgan fingerprint density at radius 2 is 1.94 bits per heavy atom. The summed E-state index contributed by atoms with van der Waals surface area (Å²) in [7, 11) is 0. The molecule has 1 aromatic heterocycles. The highest BCUT2D eigenvalue weighted by Crippen LogP contribution is 2.08. The van der Waals surface area contributed by atoms with Crippen LogP contribution in [0.25, 0.3) is 0 Å². The Kier molecular flexibility index (Phi) is 3.70. The van der Waals surface area contributed by atoms with Gasteiger partial charge < -0.3 is 5.32 Å². The van der Waals surface area contributed by atoms with Gasteiger partial charge in [0.05, 0.1) is 0 Å². The summed E-state index contributed by atoms with van der Waals surface area (Å²) < 4.78 is 0.